The highest BCUT2D eigenvalue weighted by Gasteiger charge is 2.32. The monoisotopic (exact) mass is 240 g/mol. The SMILES string of the molecule is C[C@@H]1CN(Cc2ccccc2)[C@@H](C(F)F)CN1. The van der Waals surface area contributed by atoms with Crippen molar-refractivity contribution >= 4 is 0 Å². The van der Waals surface area contributed by atoms with E-state index in [1.807, 2.05) is 42.2 Å². The predicted molar refractivity (Wildman–Crippen MR) is 64.1 cm³/mol. The third kappa shape index (κ3) is 3.23. The molecule has 0 unspecified atom stereocenters. The lowest BCUT2D eigenvalue weighted by atomic mass is 10.1. The number of benzene rings is 1. The van der Waals surface area contributed by atoms with Crippen molar-refractivity contribution in [1.82, 2.24) is 10.2 Å². The van der Waals surface area contributed by atoms with Gasteiger partial charge in [0.05, 0.1) is 6.04 Å². The fourth-order valence-electron chi connectivity index (χ4n) is 2.25. The zero-order valence-electron chi connectivity index (χ0n) is 9.94. The van der Waals surface area contributed by atoms with Crippen LogP contribution >= 0.6 is 0 Å². The number of hydrogen-bond donors (Lipinski definition) is 1. The Morgan fingerprint density at radius 2 is 2.06 bits per heavy atom. The Balaban J connectivity index is 2.05. The van der Waals surface area contributed by atoms with Crippen molar-refractivity contribution in [2.24, 2.45) is 0 Å². The van der Waals surface area contributed by atoms with Crippen molar-refractivity contribution in [3.05, 3.63) is 35.9 Å². The van der Waals surface area contributed by atoms with Crippen LogP contribution in [0.1, 0.15) is 12.5 Å². The molecule has 94 valence electrons. The van der Waals surface area contributed by atoms with Gasteiger partial charge in [-0.3, -0.25) is 4.90 Å². The number of halogens is 2. The molecule has 0 amide bonds. The van der Waals surface area contributed by atoms with E-state index >= 15 is 0 Å². The number of hydrogen-bond acceptors (Lipinski definition) is 2. The van der Waals surface area contributed by atoms with E-state index in [9.17, 15) is 8.78 Å². The third-order valence-corrected chi connectivity index (χ3v) is 3.17. The highest BCUT2D eigenvalue weighted by molar-refractivity contribution is 5.14. The van der Waals surface area contributed by atoms with Gasteiger partial charge in [0.1, 0.15) is 0 Å². The van der Waals surface area contributed by atoms with Gasteiger partial charge in [0.15, 0.2) is 0 Å². The van der Waals surface area contributed by atoms with Gasteiger partial charge in [-0.15, -0.1) is 0 Å². The summed E-state index contributed by atoms with van der Waals surface area (Å²) in [5.74, 6) is 0. The molecule has 0 spiro atoms. The van der Waals surface area contributed by atoms with E-state index in [4.69, 9.17) is 0 Å². The highest BCUT2D eigenvalue weighted by Crippen LogP contribution is 2.17. The summed E-state index contributed by atoms with van der Waals surface area (Å²) in [6.07, 6.45) is -2.29. The Bertz CT molecular complexity index is 343. The summed E-state index contributed by atoms with van der Waals surface area (Å²) in [6.45, 7) is 3.66. The fraction of sp³-hybridized carbons (Fsp3) is 0.538. The van der Waals surface area contributed by atoms with Crippen molar-refractivity contribution in [3.63, 3.8) is 0 Å². The molecule has 1 aliphatic rings. The molecule has 1 aromatic rings. The smallest absolute Gasteiger partial charge is 0.255 e. The summed E-state index contributed by atoms with van der Waals surface area (Å²) < 4.78 is 25.8. The van der Waals surface area contributed by atoms with Crippen molar-refractivity contribution < 1.29 is 8.78 Å². The van der Waals surface area contributed by atoms with E-state index in [2.05, 4.69) is 5.32 Å². The summed E-state index contributed by atoms with van der Waals surface area (Å²) in [6, 6.07) is 9.38. The first-order chi connectivity index (χ1) is 8.16. The molecular formula is C13H18F2N2. The standard InChI is InChI=1S/C13H18F2N2/c1-10-8-17(12(7-16-10)13(14)15)9-11-5-3-2-4-6-11/h2-6,10,12-13,16H,7-9H2,1H3/t10-,12-/m1/s1. The molecule has 1 aliphatic heterocycles. The molecule has 17 heavy (non-hydrogen) atoms. The van der Waals surface area contributed by atoms with E-state index in [0.29, 0.717) is 19.6 Å². The van der Waals surface area contributed by atoms with Crippen molar-refractivity contribution in [1.29, 1.82) is 0 Å². The van der Waals surface area contributed by atoms with E-state index in [-0.39, 0.29) is 6.04 Å². The minimum absolute atomic E-state index is 0.272. The number of rotatable bonds is 3. The van der Waals surface area contributed by atoms with Crippen molar-refractivity contribution in [2.75, 3.05) is 13.1 Å². The first kappa shape index (κ1) is 12.5. The maximum atomic E-state index is 12.9. The van der Waals surface area contributed by atoms with Crippen LogP contribution in [0.4, 0.5) is 8.78 Å². The van der Waals surface area contributed by atoms with Gasteiger partial charge >= 0.3 is 0 Å². The summed E-state index contributed by atoms with van der Waals surface area (Å²) in [5, 5.41) is 3.11. The second-order valence-electron chi connectivity index (χ2n) is 4.63. The second kappa shape index (κ2) is 5.56. The molecule has 1 aromatic carbocycles. The molecule has 4 heteroatoms. The molecular weight excluding hydrogens is 222 g/mol. The molecule has 2 nitrogen and oxygen atoms in total. The molecule has 2 atom stereocenters. The normalized spacial score (nSPS) is 26.4. The average Bonchev–Trinajstić information content (AvgIpc) is 2.30. The van der Waals surface area contributed by atoms with Crippen LogP contribution in [0.15, 0.2) is 30.3 Å². The molecule has 2 rings (SSSR count). The van der Waals surface area contributed by atoms with Crippen LogP contribution in [0.3, 0.4) is 0 Å². The topological polar surface area (TPSA) is 15.3 Å². The van der Waals surface area contributed by atoms with Gasteiger partial charge < -0.3 is 5.32 Å². The van der Waals surface area contributed by atoms with E-state index in [1.54, 1.807) is 0 Å². The van der Waals surface area contributed by atoms with Gasteiger partial charge in [0.25, 0.3) is 6.43 Å². The summed E-state index contributed by atoms with van der Waals surface area (Å²) in [7, 11) is 0. The number of nitrogens with one attached hydrogen (secondary N) is 1. The molecule has 1 N–H and O–H groups in total. The molecule has 1 saturated heterocycles. The Kier molecular flexibility index (Phi) is 4.07. The zero-order chi connectivity index (χ0) is 12.3. The lowest BCUT2D eigenvalue weighted by Gasteiger charge is -2.38. The van der Waals surface area contributed by atoms with Crippen LogP contribution in [-0.2, 0) is 6.54 Å². The van der Waals surface area contributed by atoms with Crippen LogP contribution in [0.2, 0.25) is 0 Å². The van der Waals surface area contributed by atoms with Crippen LogP contribution in [0.25, 0.3) is 0 Å². The number of piperazine rings is 1. The zero-order valence-corrected chi connectivity index (χ0v) is 9.94. The highest BCUT2D eigenvalue weighted by atomic mass is 19.3. The first-order valence-corrected chi connectivity index (χ1v) is 5.96. The molecule has 1 fully saturated rings. The van der Waals surface area contributed by atoms with Crippen molar-refractivity contribution in [2.45, 2.75) is 32.0 Å². The van der Waals surface area contributed by atoms with E-state index in [0.717, 1.165) is 5.56 Å². The average molecular weight is 240 g/mol. The minimum Gasteiger partial charge on any atom is -0.311 e. The van der Waals surface area contributed by atoms with Gasteiger partial charge in [-0.1, -0.05) is 30.3 Å². The van der Waals surface area contributed by atoms with Gasteiger partial charge in [0, 0.05) is 25.7 Å². The largest absolute Gasteiger partial charge is 0.311 e. The van der Waals surface area contributed by atoms with Crippen molar-refractivity contribution in [3.8, 4) is 0 Å². The Morgan fingerprint density at radius 1 is 1.35 bits per heavy atom. The first-order valence-electron chi connectivity index (χ1n) is 5.96. The van der Waals surface area contributed by atoms with Gasteiger partial charge in [0.2, 0.25) is 0 Å². The van der Waals surface area contributed by atoms with Crippen LogP contribution in [-0.4, -0.2) is 36.5 Å². The van der Waals surface area contributed by atoms with Gasteiger partial charge in [-0.25, -0.2) is 8.78 Å². The number of nitrogens with zero attached hydrogens (tertiary/aromatic N) is 1. The minimum atomic E-state index is -2.29. The molecule has 0 aliphatic carbocycles. The second-order valence-corrected chi connectivity index (χ2v) is 4.63. The van der Waals surface area contributed by atoms with E-state index in [1.165, 1.54) is 0 Å². The Morgan fingerprint density at radius 3 is 2.71 bits per heavy atom. The maximum absolute atomic E-state index is 12.9. The third-order valence-electron chi connectivity index (χ3n) is 3.17. The molecule has 1 heterocycles. The van der Waals surface area contributed by atoms with Gasteiger partial charge in [-0.05, 0) is 12.5 Å². The molecule has 0 radical (unpaired) electrons. The Hall–Kier alpha value is -1.00. The van der Waals surface area contributed by atoms with Crippen LogP contribution in [0.5, 0.6) is 0 Å². The Labute approximate surface area is 101 Å². The van der Waals surface area contributed by atoms with Gasteiger partial charge in [-0.2, -0.15) is 0 Å². The quantitative estimate of drug-likeness (QED) is 0.870. The fourth-order valence-corrected chi connectivity index (χ4v) is 2.25. The summed E-state index contributed by atoms with van der Waals surface area (Å²) in [5.41, 5.74) is 1.09. The maximum Gasteiger partial charge on any atom is 0.255 e. The molecule has 0 saturated carbocycles. The van der Waals surface area contributed by atoms with Crippen LogP contribution < -0.4 is 5.32 Å². The molecule has 0 aromatic heterocycles. The van der Waals surface area contributed by atoms with Crippen LogP contribution in [0, 0.1) is 0 Å². The molecule has 0 bridgehead atoms. The van der Waals surface area contributed by atoms with E-state index < -0.39 is 12.5 Å². The predicted octanol–water partition coefficient (Wildman–Crippen LogP) is 2.11. The summed E-state index contributed by atoms with van der Waals surface area (Å²) in [4.78, 5) is 1.88. The summed E-state index contributed by atoms with van der Waals surface area (Å²) >= 11 is 0. The number of alkyl halides is 2. The lowest BCUT2D eigenvalue weighted by molar-refractivity contribution is -0.000872. The lowest BCUT2D eigenvalue weighted by Crippen LogP contribution is -2.57.